The Bertz CT molecular complexity index is 719. The summed E-state index contributed by atoms with van der Waals surface area (Å²) >= 11 is 0. The molecule has 0 saturated carbocycles. The molecule has 0 spiro atoms. The molecule has 1 fully saturated rings. The first-order valence-electron chi connectivity index (χ1n) is 9.66. The summed E-state index contributed by atoms with van der Waals surface area (Å²) in [7, 11) is 1.71. The number of hydrogen-bond acceptors (Lipinski definition) is 4. The molecular weight excluding hydrogens is 395 g/mol. The van der Waals surface area contributed by atoms with E-state index in [1.807, 2.05) is 12.1 Å². The number of rotatable bonds is 5. The Labute approximate surface area is 180 Å². The standard InChI is InChI=1S/C22H28N2O2.2ClH/c1-25-20-8-6-19(7-9-20)24-15-13-23(14-16-24)12-10-18-11-17-26-22-5-3-2-4-21(18)22;;/h2-9,18H,10-17H2,1H3;2*1H. The van der Waals surface area contributed by atoms with Gasteiger partial charge in [-0.05, 0) is 61.2 Å². The van der Waals surface area contributed by atoms with E-state index in [4.69, 9.17) is 9.47 Å². The number of ether oxygens (including phenoxy) is 2. The Balaban J connectivity index is 0.00000140. The molecule has 0 amide bonds. The molecule has 2 aromatic carbocycles. The number of methoxy groups -OCH3 is 1. The molecule has 1 unspecified atom stereocenters. The quantitative estimate of drug-likeness (QED) is 0.698. The van der Waals surface area contributed by atoms with Crippen molar-refractivity contribution in [2.45, 2.75) is 18.8 Å². The Morgan fingerprint density at radius 2 is 1.68 bits per heavy atom. The molecule has 0 radical (unpaired) electrons. The van der Waals surface area contributed by atoms with Crippen LogP contribution < -0.4 is 14.4 Å². The van der Waals surface area contributed by atoms with Crippen LogP contribution in [0.1, 0.15) is 24.3 Å². The first kappa shape index (κ1) is 22.7. The molecule has 28 heavy (non-hydrogen) atoms. The smallest absolute Gasteiger partial charge is 0.122 e. The van der Waals surface area contributed by atoms with Crippen LogP contribution in [0.4, 0.5) is 5.69 Å². The fourth-order valence-electron chi connectivity index (χ4n) is 4.08. The first-order valence-corrected chi connectivity index (χ1v) is 9.66. The highest BCUT2D eigenvalue weighted by molar-refractivity contribution is 5.85. The van der Waals surface area contributed by atoms with E-state index in [1.165, 1.54) is 24.2 Å². The average Bonchev–Trinajstić information content (AvgIpc) is 2.73. The molecule has 1 saturated heterocycles. The maximum atomic E-state index is 5.80. The number of nitrogens with zero attached hydrogens (tertiary/aromatic N) is 2. The molecule has 0 aliphatic carbocycles. The van der Waals surface area contributed by atoms with E-state index in [0.717, 1.165) is 50.7 Å². The van der Waals surface area contributed by atoms with Crippen LogP contribution in [-0.4, -0.2) is 51.3 Å². The van der Waals surface area contributed by atoms with Crippen molar-refractivity contribution in [3.05, 3.63) is 54.1 Å². The van der Waals surface area contributed by atoms with Crippen molar-refractivity contribution < 1.29 is 9.47 Å². The van der Waals surface area contributed by atoms with Crippen molar-refractivity contribution >= 4 is 30.5 Å². The lowest BCUT2D eigenvalue weighted by Crippen LogP contribution is -2.46. The second-order valence-electron chi connectivity index (χ2n) is 7.19. The summed E-state index contributed by atoms with van der Waals surface area (Å²) in [6.45, 7) is 6.49. The lowest BCUT2D eigenvalue weighted by atomic mass is 9.90. The van der Waals surface area contributed by atoms with Gasteiger partial charge in [0.2, 0.25) is 0 Å². The molecule has 2 aliphatic heterocycles. The van der Waals surface area contributed by atoms with E-state index in [-0.39, 0.29) is 24.8 Å². The molecule has 2 aromatic rings. The maximum absolute atomic E-state index is 5.80. The summed E-state index contributed by atoms with van der Waals surface area (Å²) in [5.74, 6) is 2.65. The molecule has 0 bridgehead atoms. The molecular formula is C22H30Cl2N2O2. The van der Waals surface area contributed by atoms with E-state index < -0.39 is 0 Å². The Hall–Kier alpha value is -1.62. The van der Waals surface area contributed by atoms with Crippen molar-refractivity contribution in [1.82, 2.24) is 4.90 Å². The molecule has 1 atom stereocenters. The van der Waals surface area contributed by atoms with Gasteiger partial charge in [-0.1, -0.05) is 18.2 Å². The van der Waals surface area contributed by atoms with Crippen LogP contribution in [0.15, 0.2) is 48.5 Å². The van der Waals surface area contributed by atoms with Gasteiger partial charge in [0.1, 0.15) is 11.5 Å². The highest BCUT2D eigenvalue weighted by atomic mass is 35.5. The molecule has 0 aromatic heterocycles. The lowest BCUT2D eigenvalue weighted by molar-refractivity contribution is 0.223. The summed E-state index contributed by atoms with van der Waals surface area (Å²) in [5, 5.41) is 0. The van der Waals surface area contributed by atoms with Gasteiger partial charge in [-0.3, -0.25) is 4.90 Å². The van der Waals surface area contributed by atoms with Crippen LogP contribution in [-0.2, 0) is 0 Å². The van der Waals surface area contributed by atoms with E-state index >= 15 is 0 Å². The van der Waals surface area contributed by atoms with Crippen molar-refractivity contribution in [3.8, 4) is 11.5 Å². The molecule has 6 heteroatoms. The fraction of sp³-hybridized carbons (Fsp3) is 0.455. The van der Waals surface area contributed by atoms with Crippen LogP contribution in [0.3, 0.4) is 0 Å². The van der Waals surface area contributed by atoms with Gasteiger partial charge in [0, 0.05) is 31.9 Å². The zero-order valence-corrected chi connectivity index (χ0v) is 18.0. The Morgan fingerprint density at radius 3 is 2.39 bits per heavy atom. The number of benzene rings is 2. The highest BCUT2D eigenvalue weighted by Crippen LogP contribution is 2.35. The number of para-hydroxylation sites is 1. The molecule has 4 nitrogen and oxygen atoms in total. The lowest BCUT2D eigenvalue weighted by Gasteiger charge is -2.37. The van der Waals surface area contributed by atoms with E-state index in [9.17, 15) is 0 Å². The van der Waals surface area contributed by atoms with Crippen molar-refractivity contribution in [3.63, 3.8) is 0 Å². The number of hydrogen-bond donors (Lipinski definition) is 0. The van der Waals surface area contributed by atoms with Crippen LogP contribution >= 0.6 is 24.8 Å². The molecule has 2 aliphatic rings. The summed E-state index contributed by atoms with van der Waals surface area (Å²) < 4.78 is 11.0. The second kappa shape index (κ2) is 10.8. The van der Waals surface area contributed by atoms with E-state index in [1.54, 1.807) is 7.11 Å². The average molecular weight is 425 g/mol. The number of fused-ring (bicyclic) bond motifs is 1. The minimum Gasteiger partial charge on any atom is -0.497 e. The zero-order chi connectivity index (χ0) is 17.8. The van der Waals surface area contributed by atoms with Gasteiger partial charge in [-0.25, -0.2) is 0 Å². The number of anilines is 1. The predicted octanol–water partition coefficient (Wildman–Crippen LogP) is 4.62. The monoisotopic (exact) mass is 424 g/mol. The highest BCUT2D eigenvalue weighted by Gasteiger charge is 2.23. The first-order chi connectivity index (χ1) is 12.8. The number of halogens is 2. The van der Waals surface area contributed by atoms with Gasteiger partial charge in [0.25, 0.3) is 0 Å². The number of piperazine rings is 1. The predicted molar refractivity (Wildman–Crippen MR) is 120 cm³/mol. The SMILES string of the molecule is COc1ccc(N2CCN(CCC3CCOc4ccccc43)CC2)cc1.Cl.Cl. The Kier molecular flexibility index (Phi) is 8.74. The van der Waals surface area contributed by atoms with Crippen LogP contribution in [0.2, 0.25) is 0 Å². The minimum atomic E-state index is 0. The summed E-state index contributed by atoms with van der Waals surface area (Å²) in [6.07, 6.45) is 2.37. The fourth-order valence-corrected chi connectivity index (χ4v) is 4.08. The maximum Gasteiger partial charge on any atom is 0.122 e. The van der Waals surface area contributed by atoms with Gasteiger partial charge in [0.05, 0.1) is 13.7 Å². The molecule has 2 heterocycles. The molecule has 4 rings (SSSR count). The van der Waals surface area contributed by atoms with Gasteiger partial charge in [0.15, 0.2) is 0 Å². The topological polar surface area (TPSA) is 24.9 Å². The largest absolute Gasteiger partial charge is 0.497 e. The van der Waals surface area contributed by atoms with Crippen LogP contribution in [0, 0.1) is 0 Å². The van der Waals surface area contributed by atoms with Crippen LogP contribution in [0.5, 0.6) is 11.5 Å². The minimum absolute atomic E-state index is 0. The summed E-state index contributed by atoms with van der Waals surface area (Å²) in [4.78, 5) is 5.08. The van der Waals surface area contributed by atoms with Gasteiger partial charge in [-0.15, -0.1) is 24.8 Å². The Morgan fingerprint density at radius 1 is 0.964 bits per heavy atom. The third-order valence-corrected chi connectivity index (χ3v) is 5.69. The van der Waals surface area contributed by atoms with Crippen molar-refractivity contribution in [2.75, 3.05) is 51.3 Å². The summed E-state index contributed by atoms with van der Waals surface area (Å²) in [6, 6.07) is 17.0. The normalized spacial score (nSPS) is 18.9. The zero-order valence-electron chi connectivity index (χ0n) is 16.4. The van der Waals surface area contributed by atoms with Crippen LogP contribution in [0.25, 0.3) is 0 Å². The molecule has 154 valence electrons. The van der Waals surface area contributed by atoms with Crippen molar-refractivity contribution in [1.29, 1.82) is 0 Å². The summed E-state index contributed by atoms with van der Waals surface area (Å²) in [5.41, 5.74) is 2.69. The van der Waals surface area contributed by atoms with Gasteiger partial charge in [-0.2, -0.15) is 0 Å². The third kappa shape index (κ3) is 5.25. The van der Waals surface area contributed by atoms with E-state index in [2.05, 4.69) is 46.2 Å². The van der Waals surface area contributed by atoms with Crippen molar-refractivity contribution in [2.24, 2.45) is 0 Å². The van der Waals surface area contributed by atoms with Gasteiger partial charge < -0.3 is 14.4 Å². The molecule has 0 N–H and O–H groups in total. The van der Waals surface area contributed by atoms with Gasteiger partial charge >= 0.3 is 0 Å². The second-order valence-corrected chi connectivity index (χ2v) is 7.19. The van der Waals surface area contributed by atoms with E-state index in [0.29, 0.717) is 5.92 Å². The third-order valence-electron chi connectivity index (χ3n) is 5.69.